The third kappa shape index (κ3) is 4.97. The van der Waals surface area contributed by atoms with Gasteiger partial charge in [0.2, 0.25) is 5.91 Å². The largest absolute Gasteiger partial charge is 0.342 e. The van der Waals surface area contributed by atoms with Crippen LogP contribution in [0.15, 0.2) is 49.6 Å². The smallest absolute Gasteiger partial charge is 0.230 e. The molecule has 1 N–H and O–H groups in total. The first kappa shape index (κ1) is 16.1. The molecule has 0 atom stereocenters. The molecule has 1 aromatic carbocycles. The number of carbonyl (C=O) groups is 1. The third-order valence-corrected chi connectivity index (χ3v) is 3.21. The molecule has 20 heavy (non-hydrogen) atoms. The van der Waals surface area contributed by atoms with Gasteiger partial charge in [-0.15, -0.1) is 13.2 Å². The van der Waals surface area contributed by atoms with Crippen LogP contribution in [-0.4, -0.2) is 29.0 Å². The third-order valence-electron chi connectivity index (χ3n) is 2.84. The minimum atomic E-state index is -0.109. The number of hydrogen-bond donors (Lipinski definition) is 1. The second-order valence-electron chi connectivity index (χ2n) is 4.44. The topological polar surface area (TPSA) is 32.3 Å². The molecular formula is C16H20N2OS. The molecule has 0 heterocycles. The molecule has 0 aromatic heterocycles. The molecule has 0 saturated heterocycles. The maximum absolute atomic E-state index is 12.0. The van der Waals surface area contributed by atoms with Gasteiger partial charge < -0.3 is 10.2 Å². The SMILES string of the molecule is C=CCN(CC=C)C(=S)NC(=O)Cc1ccccc1C. The lowest BCUT2D eigenvalue weighted by atomic mass is 10.1. The van der Waals surface area contributed by atoms with Crippen molar-refractivity contribution in [3.05, 3.63) is 60.7 Å². The molecule has 0 spiro atoms. The van der Waals surface area contributed by atoms with Crippen LogP contribution >= 0.6 is 12.2 Å². The van der Waals surface area contributed by atoms with Crippen molar-refractivity contribution in [1.82, 2.24) is 10.2 Å². The molecule has 106 valence electrons. The van der Waals surface area contributed by atoms with Gasteiger partial charge in [0.1, 0.15) is 0 Å². The van der Waals surface area contributed by atoms with Gasteiger partial charge in [0.25, 0.3) is 0 Å². The van der Waals surface area contributed by atoms with Crippen molar-refractivity contribution in [3.63, 3.8) is 0 Å². The fourth-order valence-corrected chi connectivity index (χ4v) is 2.04. The zero-order chi connectivity index (χ0) is 15.0. The van der Waals surface area contributed by atoms with Crippen molar-refractivity contribution in [2.75, 3.05) is 13.1 Å². The van der Waals surface area contributed by atoms with Crippen LogP contribution in [-0.2, 0) is 11.2 Å². The Hall–Kier alpha value is -1.94. The number of hydrogen-bond acceptors (Lipinski definition) is 2. The monoisotopic (exact) mass is 288 g/mol. The summed E-state index contributed by atoms with van der Waals surface area (Å²) in [4.78, 5) is 13.8. The second-order valence-corrected chi connectivity index (χ2v) is 4.83. The van der Waals surface area contributed by atoms with Crippen molar-refractivity contribution in [1.29, 1.82) is 0 Å². The predicted molar refractivity (Wildman–Crippen MR) is 87.6 cm³/mol. The number of aryl methyl sites for hydroxylation is 1. The molecule has 1 amide bonds. The predicted octanol–water partition coefficient (Wildman–Crippen LogP) is 2.61. The van der Waals surface area contributed by atoms with Crippen LogP contribution < -0.4 is 5.32 Å². The summed E-state index contributed by atoms with van der Waals surface area (Å²) in [6, 6.07) is 7.82. The summed E-state index contributed by atoms with van der Waals surface area (Å²) in [7, 11) is 0. The molecular weight excluding hydrogens is 268 g/mol. The van der Waals surface area contributed by atoms with Crippen molar-refractivity contribution in [3.8, 4) is 0 Å². The van der Waals surface area contributed by atoms with E-state index >= 15 is 0 Å². The molecule has 0 aliphatic heterocycles. The van der Waals surface area contributed by atoms with Gasteiger partial charge in [-0.2, -0.15) is 0 Å². The molecule has 0 saturated carbocycles. The van der Waals surface area contributed by atoms with Gasteiger partial charge in [0, 0.05) is 13.1 Å². The minimum absolute atomic E-state index is 0.109. The van der Waals surface area contributed by atoms with Crippen molar-refractivity contribution < 1.29 is 4.79 Å². The molecule has 0 unspecified atom stereocenters. The molecule has 0 aliphatic rings. The van der Waals surface area contributed by atoms with Crippen molar-refractivity contribution in [2.24, 2.45) is 0 Å². The Kier molecular flexibility index (Phi) is 6.67. The summed E-state index contributed by atoms with van der Waals surface area (Å²) in [5.41, 5.74) is 2.11. The Labute approximate surface area is 126 Å². The highest BCUT2D eigenvalue weighted by Gasteiger charge is 2.11. The van der Waals surface area contributed by atoms with Crippen LogP contribution in [0, 0.1) is 6.92 Å². The minimum Gasteiger partial charge on any atom is -0.342 e. The molecule has 3 nitrogen and oxygen atoms in total. The molecule has 0 radical (unpaired) electrons. The highest BCUT2D eigenvalue weighted by molar-refractivity contribution is 7.80. The van der Waals surface area contributed by atoms with E-state index < -0.39 is 0 Å². The Balaban J connectivity index is 2.61. The van der Waals surface area contributed by atoms with Gasteiger partial charge in [-0.3, -0.25) is 4.79 Å². The van der Waals surface area contributed by atoms with Crippen molar-refractivity contribution >= 4 is 23.2 Å². The van der Waals surface area contributed by atoms with E-state index in [1.165, 1.54) is 0 Å². The number of nitrogens with one attached hydrogen (secondary N) is 1. The number of rotatable bonds is 6. The van der Waals surface area contributed by atoms with Crippen LogP contribution in [0.3, 0.4) is 0 Å². The zero-order valence-electron chi connectivity index (χ0n) is 11.8. The average Bonchev–Trinajstić information content (AvgIpc) is 2.41. The van der Waals surface area contributed by atoms with Crippen molar-refractivity contribution in [2.45, 2.75) is 13.3 Å². The maximum Gasteiger partial charge on any atom is 0.230 e. The Morgan fingerprint density at radius 1 is 1.30 bits per heavy atom. The van der Waals surface area contributed by atoms with Crippen LogP contribution in [0.1, 0.15) is 11.1 Å². The first-order chi connectivity index (χ1) is 9.58. The van der Waals surface area contributed by atoms with E-state index in [0.717, 1.165) is 11.1 Å². The molecule has 4 heteroatoms. The number of thiocarbonyl (C=S) groups is 1. The lowest BCUT2D eigenvalue weighted by Gasteiger charge is -2.22. The average molecular weight is 288 g/mol. The van der Waals surface area contributed by atoms with Crippen LogP contribution in [0.5, 0.6) is 0 Å². The fourth-order valence-electron chi connectivity index (χ4n) is 1.78. The van der Waals surface area contributed by atoms with Crippen LogP contribution in [0.4, 0.5) is 0 Å². The molecule has 0 fully saturated rings. The highest BCUT2D eigenvalue weighted by Crippen LogP contribution is 2.07. The van der Waals surface area contributed by atoms with E-state index in [2.05, 4.69) is 18.5 Å². The normalized spacial score (nSPS) is 9.65. The number of benzene rings is 1. The Morgan fingerprint density at radius 2 is 1.90 bits per heavy atom. The quantitative estimate of drug-likeness (QED) is 0.645. The van der Waals surface area contributed by atoms with Gasteiger partial charge in [0.05, 0.1) is 6.42 Å². The summed E-state index contributed by atoms with van der Waals surface area (Å²) >= 11 is 5.23. The fraction of sp³-hybridized carbons (Fsp3) is 0.250. The molecule has 1 aromatic rings. The summed E-state index contributed by atoms with van der Waals surface area (Å²) in [6.45, 7) is 10.5. The maximum atomic E-state index is 12.0. The highest BCUT2D eigenvalue weighted by atomic mass is 32.1. The number of carbonyl (C=O) groups excluding carboxylic acids is 1. The van der Waals surface area contributed by atoms with E-state index in [1.807, 2.05) is 36.1 Å². The molecule has 0 aliphatic carbocycles. The van der Waals surface area contributed by atoms with Gasteiger partial charge in [-0.25, -0.2) is 0 Å². The first-order valence-electron chi connectivity index (χ1n) is 6.43. The van der Waals surface area contributed by atoms with Gasteiger partial charge in [-0.1, -0.05) is 36.4 Å². The first-order valence-corrected chi connectivity index (χ1v) is 6.84. The van der Waals surface area contributed by atoms with E-state index in [9.17, 15) is 4.79 Å². The number of amides is 1. The number of nitrogens with zero attached hydrogens (tertiary/aromatic N) is 1. The summed E-state index contributed by atoms with van der Waals surface area (Å²) in [6.07, 6.45) is 3.80. The lowest BCUT2D eigenvalue weighted by Crippen LogP contribution is -2.43. The van der Waals surface area contributed by atoms with Gasteiger partial charge in [0.15, 0.2) is 5.11 Å². The van der Waals surface area contributed by atoms with E-state index in [-0.39, 0.29) is 5.91 Å². The zero-order valence-corrected chi connectivity index (χ0v) is 12.6. The van der Waals surface area contributed by atoms with Crippen LogP contribution in [0.25, 0.3) is 0 Å². The summed E-state index contributed by atoms with van der Waals surface area (Å²) in [5.74, 6) is -0.109. The van der Waals surface area contributed by atoms with Gasteiger partial charge >= 0.3 is 0 Å². The van der Waals surface area contributed by atoms with Gasteiger partial charge in [-0.05, 0) is 30.3 Å². The molecule has 0 bridgehead atoms. The Morgan fingerprint density at radius 3 is 2.45 bits per heavy atom. The van der Waals surface area contributed by atoms with Crippen LogP contribution in [0.2, 0.25) is 0 Å². The summed E-state index contributed by atoms with van der Waals surface area (Å²) < 4.78 is 0. The molecule has 1 rings (SSSR count). The lowest BCUT2D eigenvalue weighted by molar-refractivity contribution is -0.119. The van der Waals surface area contributed by atoms with E-state index in [0.29, 0.717) is 24.6 Å². The second kappa shape index (κ2) is 8.27. The van der Waals surface area contributed by atoms with E-state index in [4.69, 9.17) is 12.2 Å². The Bertz CT molecular complexity index is 501. The van der Waals surface area contributed by atoms with E-state index in [1.54, 1.807) is 12.2 Å². The standard InChI is InChI=1S/C16H20N2OS/c1-4-10-18(11-5-2)16(20)17-15(19)12-14-9-7-6-8-13(14)3/h4-9H,1-2,10-12H2,3H3,(H,17,19,20). The summed E-state index contributed by atoms with van der Waals surface area (Å²) in [5, 5.41) is 3.15.